The predicted octanol–water partition coefficient (Wildman–Crippen LogP) is -0.625. The summed E-state index contributed by atoms with van der Waals surface area (Å²) in [7, 11) is 0. The van der Waals surface area contributed by atoms with Gasteiger partial charge in [0.05, 0.1) is 12.4 Å². The molecule has 0 aliphatic carbocycles. The van der Waals surface area contributed by atoms with Crippen LogP contribution in [-0.4, -0.2) is 34.2 Å². The molecule has 1 amide bonds. The molecule has 0 bridgehead atoms. The number of nitrogens with one attached hydrogen (secondary N) is 2. The van der Waals surface area contributed by atoms with Crippen molar-refractivity contribution in [2.75, 3.05) is 6.54 Å². The van der Waals surface area contributed by atoms with E-state index in [4.69, 9.17) is 5.73 Å². The van der Waals surface area contributed by atoms with Crippen LogP contribution in [0.25, 0.3) is 0 Å². The van der Waals surface area contributed by atoms with Crippen molar-refractivity contribution < 1.29 is 9.59 Å². The summed E-state index contributed by atoms with van der Waals surface area (Å²) in [6.45, 7) is 1.73. The second-order valence-electron chi connectivity index (χ2n) is 3.55. The maximum absolute atomic E-state index is 11.3. The van der Waals surface area contributed by atoms with Crippen LogP contribution in [0.2, 0.25) is 0 Å². The molecule has 0 unspecified atom stereocenters. The number of nitrogens with zero attached hydrogens (tertiary/aromatic N) is 1. The summed E-state index contributed by atoms with van der Waals surface area (Å²) in [5, 5.41) is 2.64. The second kappa shape index (κ2) is 6.02. The summed E-state index contributed by atoms with van der Waals surface area (Å²) >= 11 is 0. The fourth-order valence-electron chi connectivity index (χ4n) is 1.31. The van der Waals surface area contributed by atoms with Crippen molar-refractivity contribution in [3.63, 3.8) is 0 Å². The van der Waals surface area contributed by atoms with Crippen LogP contribution >= 0.6 is 0 Å². The first-order valence-electron chi connectivity index (χ1n) is 5.10. The van der Waals surface area contributed by atoms with Gasteiger partial charge in [0.25, 0.3) is 0 Å². The van der Waals surface area contributed by atoms with Crippen molar-refractivity contribution in [1.82, 2.24) is 15.3 Å². The number of rotatable bonds is 6. The van der Waals surface area contributed by atoms with Gasteiger partial charge >= 0.3 is 0 Å². The minimum absolute atomic E-state index is 0.0834. The molecule has 1 atom stereocenters. The van der Waals surface area contributed by atoms with E-state index in [1.165, 1.54) is 13.3 Å². The van der Waals surface area contributed by atoms with E-state index < -0.39 is 6.04 Å². The van der Waals surface area contributed by atoms with E-state index in [9.17, 15) is 9.59 Å². The van der Waals surface area contributed by atoms with E-state index in [0.717, 1.165) is 5.69 Å². The largest absolute Gasteiger partial charge is 0.348 e. The fourth-order valence-corrected chi connectivity index (χ4v) is 1.31. The zero-order chi connectivity index (χ0) is 12.0. The van der Waals surface area contributed by atoms with Crippen molar-refractivity contribution in [2.24, 2.45) is 5.73 Å². The number of ketones is 1. The summed E-state index contributed by atoms with van der Waals surface area (Å²) in [5.41, 5.74) is 6.07. The first-order valence-corrected chi connectivity index (χ1v) is 5.10. The van der Waals surface area contributed by atoms with E-state index in [0.29, 0.717) is 6.42 Å². The van der Waals surface area contributed by atoms with Crippen LogP contribution in [0.3, 0.4) is 0 Å². The van der Waals surface area contributed by atoms with Gasteiger partial charge < -0.3 is 16.0 Å². The fraction of sp³-hybridized carbons (Fsp3) is 0.500. The number of imidazole rings is 1. The van der Waals surface area contributed by atoms with Gasteiger partial charge in [0, 0.05) is 31.3 Å². The van der Waals surface area contributed by atoms with Crippen LogP contribution < -0.4 is 11.1 Å². The number of aromatic amines is 1. The molecule has 1 heterocycles. The van der Waals surface area contributed by atoms with Crippen molar-refractivity contribution in [3.05, 3.63) is 18.2 Å². The van der Waals surface area contributed by atoms with Crippen LogP contribution in [0, 0.1) is 0 Å². The van der Waals surface area contributed by atoms with Crippen LogP contribution in [0.5, 0.6) is 0 Å². The zero-order valence-electron chi connectivity index (χ0n) is 9.19. The molecular formula is C10H16N4O2. The molecule has 1 rings (SSSR count). The molecule has 0 saturated heterocycles. The molecular weight excluding hydrogens is 208 g/mol. The molecule has 0 aromatic carbocycles. The van der Waals surface area contributed by atoms with Crippen LogP contribution in [0.15, 0.2) is 12.5 Å². The van der Waals surface area contributed by atoms with Crippen molar-refractivity contribution in [1.29, 1.82) is 0 Å². The number of hydrogen-bond donors (Lipinski definition) is 3. The van der Waals surface area contributed by atoms with Gasteiger partial charge in [-0.1, -0.05) is 0 Å². The van der Waals surface area contributed by atoms with Gasteiger partial charge in [-0.3, -0.25) is 9.59 Å². The monoisotopic (exact) mass is 224 g/mol. The molecule has 0 aliphatic heterocycles. The molecule has 88 valence electrons. The van der Waals surface area contributed by atoms with E-state index in [2.05, 4.69) is 15.3 Å². The van der Waals surface area contributed by atoms with Crippen molar-refractivity contribution in [2.45, 2.75) is 25.8 Å². The maximum Gasteiger partial charge on any atom is 0.221 e. The van der Waals surface area contributed by atoms with Gasteiger partial charge in [-0.25, -0.2) is 4.98 Å². The predicted molar refractivity (Wildman–Crippen MR) is 58.6 cm³/mol. The molecule has 0 fully saturated rings. The summed E-state index contributed by atoms with van der Waals surface area (Å²) in [6, 6.07) is -0.514. The standard InChI is InChI=1S/C10H16N4O2/c1-7(15)9(14-10(16)2-3-11)4-8-5-12-6-13-8/h5-6,9H,2-4,11H2,1H3,(H,12,13)(H,14,16)/t9-/m0/s1. The number of aromatic nitrogens is 2. The quantitative estimate of drug-likeness (QED) is 0.599. The van der Waals surface area contributed by atoms with Gasteiger partial charge in [0.2, 0.25) is 5.91 Å². The number of carbonyl (C=O) groups excluding carboxylic acids is 2. The lowest BCUT2D eigenvalue weighted by Gasteiger charge is -2.14. The van der Waals surface area contributed by atoms with Gasteiger partial charge in [0.15, 0.2) is 5.78 Å². The molecule has 16 heavy (non-hydrogen) atoms. The average Bonchev–Trinajstić information content (AvgIpc) is 2.69. The summed E-state index contributed by atoms with van der Waals surface area (Å²) < 4.78 is 0. The molecule has 0 radical (unpaired) electrons. The van der Waals surface area contributed by atoms with Crippen LogP contribution in [0.1, 0.15) is 19.0 Å². The van der Waals surface area contributed by atoms with Crippen LogP contribution in [0.4, 0.5) is 0 Å². The highest BCUT2D eigenvalue weighted by Gasteiger charge is 2.17. The van der Waals surface area contributed by atoms with E-state index in [1.54, 1.807) is 6.20 Å². The molecule has 0 spiro atoms. The first-order chi connectivity index (χ1) is 7.63. The Morgan fingerprint density at radius 2 is 2.38 bits per heavy atom. The minimum Gasteiger partial charge on any atom is -0.348 e. The van der Waals surface area contributed by atoms with Gasteiger partial charge in [-0.15, -0.1) is 0 Å². The molecule has 4 N–H and O–H groups in total. The Hall–Kier alpha value is -1.69. The highest BCUT2D eigenvalue weighted by molar-refractivity contribution is 5.87. The Kier molecular flexibility index (Phi) is 4.65. The Balaban J connectivity index is 2.54. The van der Waals surface area contributed by atoms with Gasteiger partial charge in [-0.05, 0) is 6.92 Å². The van der Waals surface area contributed by atoms with Crippen molar-refractivity contribution >= 4 is 11.7 Å². The number of amides is 1. The number of carbonyl (C=O) groups is 2. The lowest BCUT2D eigenvalue weighted by molar-refractivity contribution is -0.126. The minimum atomic E-state index is -0.514. The number of hydrogen-bond acceptors (Lipinski definition) is 4. The third kappa shape index (κ3) is 3.82. The maximum atomic E-state index is 11.3. The lowest BCUT2D eigenvalue weighted by atomic mass is 10.1. The third-order valence-corrected chi connectivity index (χ3v) is 2.18. The molecule has 1 aromatic rings. The average molecular weight is 224 g/mol. The molecule has 6 nitrogen and oxygen atoms in total. The second-order valence-corrected chi connectivity index (χ2v) is 3.55. The zero-order valence-corrected chi connectivity index (χ0v) is 9.19. The number of H-pyrrole nitrogens is 1. The third-order valence-electron chi connectivity index (χ3n) is 2.18. The van der Waals surface area contributed by atoms with E-state index in [-0.39, 0.29) is 24.7 Å². The smallest absolute Gasteiger partial charge is 0.221 e. The van der Waals surface area contributed by atoms with E-state index >= 15 is 0 Å². The highest BCUT2D eigenvalue weighted by atomic mass is 16.2. The Morgan fingerprint density at radius 1 is 1.62 bits per heavy atom. The highest BCUT2D eigenvalue weighted by Crippen LogP contribution is 2.00. The molecule has 0 saturated carbocycles. The lowest BCUT2D eigenvalue weighted by Crippen LogP contribution is -2.42. The number of nitrogens with two attached hydrogens (primary N) is 1. The van der Waals surface area contributed by atoms with Gasteiger partial charge in [-0.2, -0.15) is 0 Å². The topological polar surface area (TPSA) is 101 Å². The Labute approximate surface area is 93.6 Å². The molecule has 0 aliphatic rings. The molecule has 6 heteroatoms. The molecule has 1 aromatic heterocycles. The van der Waals surface area contributed by atoms with Crippen LogP contribution in [-0.2, 0) is 16.0 Å². The Morgan fingerprint density at radius 3 is 2.88 bits per heavy atom. The SMILES string of the molecule is CC(=O)[C@H](Cc1cnc[nH]1)NC(=O)CCN. The van der Waals surface area contributed by atoms with E-state index in [1.807, 2.05) is 0 Å². The number of Topliss-reactive ketones (excluding diaryl/α,β-unsaturated/α-hetero) is 1. The normalized spacial score (nSPS) is 12.1. The van der Waals surface area contributed by atoms with Gasteiger partial charge in [0.1, 0.15) is 0 Å². The summed E-state index contributed by atoms with van der Waals surface area (Å²) in [5.74, 6) is -0.290. The Bertz CT molecular complexity index is 348. The first kappa shape index (κ1) is 12.4. The summed E-state index contributed by atoms with van der Waals surface area (Å²) in [6.07, 6.45) is 3.82. The summed E-state index contributed by atoms with van der Waals surface area (Å²) in [4.78, 5) is 29.4. The van der Waals surface area contributed by atoms with Crippen molar-refractivity contribution in [3.8, 4) is 0 Å².